The predicted octanol–water partition coefficient (Wildman–Crippen LogP) is 10.6. The van der Waals surface area contributed by atoms with Crippen molar-refractivity contribution in [3.8, 4) is 0 Å². The standard InChI is InChI=1S/C55H101N5O9/c1-7-10-12-14-16-18-19-20-22-24-26-28-33-45(51(66)67)40-47(61)56-35-30-38-59-53(69)55(6,42-46(9-3)60-39-29-34-48(60)62)43-54(4,5)52(68)58-37-31-36-57-50(65)44(41-49(63)64)32-27-25-23-21-17-15-13-11-8-2/h44-46H,7-43H2,1-6H3,(H,56,61)(H,57,65)(H,58,68)(H,59,69)(H,63,64)(H,66,67). The second-order valence-electron chi connectivity index (χ2n) is 21.3. The molecular weight excluding hydrogens is 875 g/mol. The van der Waals surface area contributed by atoms with Gasteiger partial charge in [-0.2, -0.15) is 0 Å². The number of likely N-dealkylation sites (tertiary alicyclic amines) is 1. The molecule has 1 rings (SSSR count). The maximum Gasteiger partial charge on any atom is 0.307 e. The third-order valence-electron chi connectivity index (χ3n) is 14.2. The number of unbranched alkanes of at least 4 members (excludes halogenated alkanes) is 19. The molecule has 0 aromatic rings. The van der Waals surface area contributed by atoms with E-state index in [9.17, 15) is 43.8 Å². The molecule has 0 aromatic carbocycles. The van der Waals surface area contributed by atoms with E-state index in [0.717, 1.165) is 57.8 Å². The molecule has 1 saturated heterocycles. The van der Waals surface area contributed by atoms with Gasteiger partial charge in [-0.05, 0) is 51.4 Å². The lowest BCUT2D eigenvalue weighted by Gasteiger charge is -2.40. The van der Waals surface area contributed by atoms with Gasteiger partial charge in [0.1, 0.15) is 0 Å². The first kappa shape index (κ1) is 63.3. The molecule has 0 bridgehead atoms. The zero-order valence-electron chi connectivity index (χ0n) is 44.6. The van der Waals surface area contributed by atoms with Gasteiger partial charge in [-0.1, -0.05) is 176 Å². The molecule has 0 radical (unpaired) electrons. The molecule has 14 nitrogen and oxygen atoms in total. The summed E-state index contributed by atoms with van der Waals surface area (Å²) in [5.41, 5.74) is -2.01. The predicted molar refractivity (Wildman–Crippen MR) is 276 cm³/mol. The Bertz CT molecular complexity index is 1470. The summed E-state index contributed by atoms with van der Waals surface area (Å²) in [6, 6.07) is -0.181. The first-order valence-electron chi connectivity index (χ1n) is 27.9. The van der Waals surface area contributed by atoms with Crippen molar-refractivity contribution in [1.29, 1.82) is 0 Å². The topological polar surface area (TPSA) is 211 Å². The Labute approximate surface area is 418 Å². The largest absolute Gasteiger partial charge is 0.481 e. The van der Waals surface area contributed by atoms with Gasteiger partial charge in [0.2, 0.25) is 29.5 Å². The van der Waals surface area contributed by atoms with Gasteiger partial charge >= 0.3 is 11.9 Å². The van der Waals surface area contributed by atoms with Gasteiger partial charge in [0.05, 0.1) is 12.3 Å². The lowest BCUT2D eigenvalue weighted by atomic mass is 9.69. The number of hydrogen-bond donors (Lipinski definition) is 6. The third kappa shape index (κ3) is 29.3. The van der Waals surface area contributed by atoms with Crippen LogP contribution in [0.5, 0.6) is 0 Å². The van der Waals surface area contributed by atoms with Crippen LogP contribution in [0.15, 0.2) is 0 Å². The van der Waals surface area contributed by atoms with Crippen LogP contribution < -0.4 is 21.3 Å². The number of carboxylic acids is 2. The van der Waals surface area contributed by atoms with E-state index in [2.05, 4.69) is 35.1 Å². The molecule has 14 heteroatoms. The SMILES string of the molecule is CCCCCCCCCCCCCCC(CC(=O)NCCCNC(=O)C(C)(CC(CC)N1CCCC1=O)CC(C)(C)C(=O)NCCCNC(=O)C(CCCCCCCCCCC)CC(=O)O)C(=O)O. The maximum atomic E-state index is 14.2. The molecule has 0 aliphatic carbocycles. The summed E-state index contributed by atoms with van der Waals surface area (Å²) in [7, 11) is 0. The van der Waals surface area contributed by atoms with Crippen LogP contribution in [-0.2, 0) is 33.6 Å². The Morgan fingerprint density at radius 1 is 0.565 bits per heavy atom. The van der Waals surface area contributed by atoms with Crippen LogP contribution >= 0.6 is 0 Å². The smallest absolute Gasteiger partial charge is 0.307 e. The fourth-order valence-electron chi connectivity index (χ4n) is 10.0. The summed E-state index contributed by atoms with van der Waals surface area (Å²) < 4.78 is 0. The quantitative estimate of drug-likeness (QED) is 0.0320. The van der Waals surface area contributed by atoms with E-state index in [0.29, 0.717) is 51.5 Å². The highest BCUT2D eigenvalue weighted by Crippen LogP contribution is 2.40. The maximum absolute atomic E-state index is 14.2. The van der Waals surface area contributed by atoms with Crippen molar-refractivity contribution in [1.82, 2.24) is 26.2 Å². The van der Waals surface area contributed by atoms with Crippen molar-refractivity contribution in [3.05, 3.63) is 0 Å². The molecule has 4 atom stereocenters. The van der Waals surface area contributed by atoms with Crippen LogP contribution in [0.1, 0.15) is 247 Å². The van der Waals surface area contributed by atoms with Gasteiger partial charge in [0, 0.05) is 68.4 Å². The number of hydrogen-bond acceptors (Lipinski definition) is 7. The van der Waals surface area contributed by atoms with E-state index in [1.807, 2.05) is 18.7 Å². The van der Waals surface area contributed by atoms with Crippen molar-refractivity contribution in [2.24, 2.45) is 22.7 Å². The van der Waals surface area contributed by atoms with E-state index in [4.69, 9.17) is 0 Å². The van der Waals surface area contributed by atoms with Crippen molar-refractivity contribution < 1.29 is 43.8 Å². The van der Waals surface area contributed by atoms with Crippen LogP contribution in [0, 0.1) is 22.7 Å². The lowest BCUT2D eigenvalue weighted by molar-refractivity contribution is -0.144. The van der Waals surface area contributed by atoms with Gasteiger partial charge in [-0.15, -0.1) is 0 Å². The molecular formula is C55H101N5O9. The monoisotopic (exact) mass is 976 g/mol. The molecule has 69 heavy (non-hydrogen) atoms. The Kier molecular flexibility index (Phi) is 34.9. The Balaban J connectivity index is 2.66. The van der Waals surface area contributed by atoms with Crippen molar-refractivity contribution in [2.75, 3.05) is 32.7 Å². The van der Waals surface area contributed by atoms with Crippen molar-refractivity contribution in [2.45, 2.75) is 253 Å². The van der Waals surface area contributed by atoms with Gasteiger partial charge in [0.15, 0.2) is 0 Å². The zero-order chi connectivity index (χ0) is 51.3. The van der Waals surface area contributed by atoms with Gasteiger partial charge in [0.25, 0.3) is 0 Å². The van der Waals surface area contributed by atoms with Gasteiger partial charge in [-0.25, -0.2) is 0 Å². The molecule has 5 amide bonds. The number of carbonyl (C=O) groups excluding carboxylic acids is 5. The second kappa shape index (κ2) is 38.0. The van der Waals surface area contributed by atoms with Crippen molar-refractivity contribution in [3.63, 3.8) is 0 Å². The third-order valence-corrected chi connectivity index (χ3v) is 14.2. The number of carboxylic acid groups (broad SMARTS) is 2. The zero-order valence-corrected chi connectivity index (χ0v) is 44.6. The minimum Gasteiger partial charge on any atom is -0.481 e. The molecule has 400 valence electrons. The first-order valence-corrected chi connectivity index (χ1v) is 27.9. The molecule has 1 heterocycles. The van der Waals surface area contributed by atoms with Crippen LogP contribution in [0.4, 0.5) is 0 Å². The Morgan fingerprint density at radius 3 is 1.46 bits per heavy atom. The molecule has 1 aliphatic heterocycles. The Hall–Kier alpha value is -3.71. The van der Waals surface area contributed by atoms with E-state index < -0.39 is 34.6 Å². The average molecular weight is 976 g/mol. The molecule has 6 N–H and O–H groups in total. The van der Waals surface area contributed by atoms with E-state index in [-0.39, 0.29) is 81.0 Å². The van der Waals surface area contributed by atoms with Crippen LogP contribution in [-0.4, -0.2) is 95.4 Å². The number of amides is 5. The highest BCUT2D eigenvalue weighted by atomic mass is 16.4. The van der Waals surface area contributed by atoms with Gasteiger partial charge in [-0.3, -0.25) is 33.6 Å². The van der Waals surface area contributed by atoms with E-state index in [1.54, 1.807) is 13.8 Å². The molecule has 1 fully saturated rings. The van der Waals surface area contributed by atoms with Crippen LogP contribution in [0.3, 0.4) is 0 Å². The van der Waals surface area contributed by atoms with E-state index in [1.165, 1.54) is 83.5 Å². The summed E-state index contributed by atoms with van der Waals surface area (Å²) in [6.45, 7) is 13.6. The molecule has 4 unspecified atom stereocenters. The Morgan fingerprint density at radius 2 is 1.01 bits per heavy atom. The minimum atomic E-state index is -1.03. The molecule has 0 saturated carbocycles. The highest BCUT2D eigenvalue weighted by molar-refractivity contribution is 5.86. The summed E-state index contributed by atoms with van der Waals surface area (Å²) in [6.07, 6.45) is 28.7. The number of rotatable bonds is 45. The lowest BCUT2D eigenvalue weighted by Crippen LogP contribution is -2.50. The number of carbonyl (C=O) groups is 7. The van der Waals surface area contributed by atoms with E-state index >= 15 is 0 Å². The fourth-order valence-corrected chi connectivity index (χ4v) is 10.0. The highest BCUT2D eigenvalue weighted by Gasteiger charge is 2.44. The fraction of sp³-hybridized carbons (Fsp3) is 0.873. The summed E-state index contributed by atoms with van der Waals surface area (Å²) in [5, 5.41) is 31.0. The van der Waals surface area contributed by atoms with Crippen LogP contribution in [0.25, 0.3) is 0 Å². The summed E-state index contributed by atoms with van der Waals surface area (Å²) in [5.74, 6) is -4.28. The van der Waals surface area contributed by atoms with Gasteiger partial charge < -0.3 is 36.4 Å². The summed E-state index contributed by atoms with van der Waals surface area (Å²) >= 11 is 0. The van der Waals surface area contributed by atoms with Crippen molar-refractivity contribution >= 4 is 41.5 Å². The average Bonchev–Trinajstić information content (AvgIpc) is 3.74. The number of nitrogens with zero attached hydrogens (tertiary/aromatic N) is 1. The molecule has 1 aliphatic rings. The normalized spacial score (nSPS) is 15.0. The van der Waals surface area contributed by atoms with Crippen LogP contribution in [0.2, 0.25) is 0 Å². The molecule has 0 aromatic heterocycles. The number of nitrogens with one attached hydrogen (secondary N) is 4. The summed E-state index contributed by atoms with van der Waals surface area (Å²) in [4.78, 5) is 91.9. The number of aliphatic carboxylic acids is 2. The second-order valence-corrected chi connectivity index (χ2v) is 21.3. The minimum absolute atomic E-state index is 0.0708. The molecule has 0 spiro atoms. The first-order chi connectivity index (χ1) is 33.0.